The van der Waals surface area contributed by atoms with E-state index in [2.05, 4.69) is 9.59 Å². The Kier molecular flexibility index (Phi) is 5.72. The van der Waals surface area contributed by atoms with Crippen LogP contribution in [0.5, 0.6) is 11.5 Å². The molecule has 23 heavy (non-hydrogen) atoms. The van der Waals surface area contributed by atoms with Gasteiger partial charge < -0.3 is 19.9 Å². The van der Waals surface area contributed by atoms with Gasteiger partial charge in [0.05, 0.1) is 12.7 Å². The van der Waals surface area contributed by atoms with Gasteiger partial charge in [-0.15, -0.1) is 5.10 Å². The summed E-state index contributed by atoms with van der Waals surface area (Å²) in [4.78, 5) is 22.8. The quantitative estimate of drug-likeness (QED) is 0.745. The van der Waals surface area contributed by atoms with Gasteiger partial charge in [-0.2, -0.15) is 0 Å². The van der Waals surface area contributed by atoms with Gasteiger partial charge in [-0.05, 0) is 18.2 Å². The number of halogens is 1. The summed E-state index contributed by atoms with van der Waals surface area (Å²) in [6.07, 6.45) is 0. The van der Waals surface area contributed by atoms with E-state index < -0.39 is 11.9 Å². The van der Waals surface area contributed by atoms with Crippen LogP contribution in [0.1, 0.15) is 16.1 Å². The highest BCUT2D eigenvalue weighted by Crippen LogP contribution is 2.28. The topological polar surface area (TPSA) is 114 Å². The highest BCUT2D eigenvalue weighted by molar-refractivity contribution is 7.10. The monoisotopic (exact) mass is 357 g/mol. The van der Waals surface area contributed by atoms with Gasteiger partial charge in [0.25, 0.3) is 5.91 Å². The first-order valence-corrected chi connectivity index (χ1v) is 7.39. The zero-order valence-corrected chi connectivity index (χ0v) is 13.5. The lowest BCUT2D eigenvalue weighted by Gasteiger charge is -2.11. The molecule has 0 bridgehead atoms. The van der Waals surface area contributed by atoms with Crippen LogP contribution in [0.25, 0.3) is 0 Å². The molecule has 1 amide bonds. The number of carbonyl (C=O) groups excluding carboxylic acids is 2. The molecule has 2 rings (SSSR count). The predicted octanol–water partition coefficient (Wildman–Crippen LogP) is 1.42. The van der Waals surface area contributed by atoms with Crippen LogP contribution in [0, 0.1) is 0 Å². The normalized spacial score (nSPS) is 10.2. The number of nitrogens with two attached hydrogens (primary N) is 1. The van der Waals surface area contributed by atoms with Crippen molar-refractivity contribution in [3.05, 3.63) is 33.8 Å². The van der Waals surface area contributed by atoms with E-state index >= 15 is 0 Å². The summed E-state index contributed by atoms with van der Waals surface area (Å²) in [6.45, 7) is -0.383. The SMILES string of the molecule is COc1cc(C(=O)OCc2nnsc2Cl)ccc1OCC(N)=O. The molecular weight excluding hydrogens is 346 g/mol. The van der Waals surface area contributed by atoms with Crippen LogP contribution in [-0.4, -0.2) is 35.2 Å². The first-order chi connectivity index (χ1) is 11.0. The lowest BCUT2D eigenvalue weighted by atomic mass is 10.2. The van der Waals surface area contributed by atoms with Crippen molar-refractivity contribution in [3.8, 4) is 11.5 Å². The lowest BCUT2D eigenvalue weighted by Crippen LogP contribution is -2.20. The molecule has 8 nitrogen and oxygen atoms in total. The van der Waals surface area contributed by atoms with E-state index in [1.165, 1.54) is 25.3 Å². The van der Waals surface area contributed by atoms with Crippen molar-refractivity contribution in [1.82, 2.24) is 9.59 Å². The Morgan fingerprint density at radius 1 is 1.35 bits per heavy atom. The maximum atomic E-state index is 12.0. The number of primary amides is 1. The standard InChI is InChI=1S/C13H12ClN3O5S/c1-20-10-4-7(2-3-9(10)21-6-11(15)18)13(19)22-5-8-12(14)23-17-16-8/h2-4H,5-6H2,1H3,(H2,15,18). The second-order valence-electron chi connectivity index (χ2n) is 4.19. The van der Waals surface area contributed by atoms with E-state index in [4.69, 9.17) is 31.5 Å². The van der Waals surface area contributed by atoms with Crippen molar-refractivity contribution in [3.63, 3.8) is 0 Å². The zero-order chi connectivity index (χ0) is 16.8. The highest BCUT2D eigenvalue weighted by Gasteiger charge is 2.15. The van der Waals surface area contributed by atoms with E-state index in [9.17, 15) is 9.59 Å². The number of methoxy groups -OCH3 is 1. The van der Waals surface area contributed by atoms with Crippen molar-refractivity contribution in [2.75, 3.05) is 13.7 Å². The average molecular weight is 358 g/mol. The molecule has 0 unspecified atom stereocenters. The molecule has 0 spiro atoms. The van der Waals surface area contributed by atoms with Crippen molar-refractivity contribution >= 4 is 35.0 Å². The molecule has 1 aromatic heterocycles. The fourth-order valence-electron chi connectivity index (χ4n) is 1.56. The second kappa shape index (κ2) is 7.75. The average Bonchev–Trinajstić information content (AvgIpc) is 2.95. The Hall–Kier alpha value is -2.39. The fourth-order valence-corrected chi connectivity index (χ4v) is 2.16. The Labute approximate surface area is 140 Å². The van der Waals surface area contributed by atoms with E-state index in [0.717, 1.165) is 11.5 Å². The van der Waals surface area contributed by atoms with Gasteiger partial charge in [-0.3, -0.25) is 4.79 Å². The maximum Gasteiger partial charge on any atom is 0.338 e. The summed E-state index contributed by atoms with van der Waals surface area (Å²) in [5, 5.41) is 3.74. The van der Waals surface area contributed by atoms with Gasteiger partial charge in [-0.25, -0.2) is 4.79 Å². The molecule has 1 aromatic carbocycles. The van der Waals surface area contributed by atoms with Gasteiger partial charge in [0.15, 0.2) is 18.1 Å². The number of carbonyl (C=O) groups is 2. The van der Waals surface area contributed by atoms with Crippen molar-refractivity contribution in [2.24, 2.45) is 5.73 Å². The van der Waals surface area contributed by atoms with E-state index in [0.29, 0.717) is 10.0 Å². The Balaban J connectivity index is 2.05. The van der Waals surface area contributed by atoms with E-state index in [-0.39, 0.29) is 30.3 Å². The van der Waals surface area contributed by atoms with Crippen LogP contribution < -0.4 is 15.2 Å². The number of benzene rings is 1. The van der Waals surface area contributed by atoms with Gasteiger partial charge >= 0.3 is 5.97 Å². The van der Waals surface area contributed by atoms with Crippen molar-refractivity contribution in [2.45, 2.75) is 6.61 Å². The fraction of sp³-hybridized carbons (Fsp3) is 0.231. The molecule has 0 atom stereocenters. The minimum atomic E-state index is -0.621. The van der Waals surface area contributed by atoms with Gasteiger partial charge in [-0.1, -0.05) is 16.1 Å². The number of esters is 1. The number of hydrogen-bond donors (Lipinski definition) is 1. The number of rotatable bonds is 7. The largest absolute Gasteiger partial charge is 0.493 e. The molecular formula is C13H12ClN3O5S. The molecule has 122 valence electrons. The van der Waals surface area contributed by atoms with Gasteiger partial charge in [0.2, 0.25) is 0 Å². The molecule has 0 saturated heterocycles. The van der Waals surface area contributed by atoms with Crippen LogP contribution in [0.3, 0.4) is 0 Å². The molecule has 0 fully saturated rings. The molecule has 0 saturated carbocycles. The minimum Gasteiger partial charge on any atom is -0.493 e. The number of ether oxygens (including phenoxy) is 3. The van der Waals surface area contributed by atoms with Crippen LogP contribution in [0.2, 0.25) is 4.34 Å². The van der Waals surface area contributed by atoms with Crippen LogP contribution in [0.4, 0.5) is 0 Å². The molecule has 2 N–H and O–H groups in total. The first kappa shape index (κ1) is 17.0. The van der Waals surface area contributed by atoms with Crippen molar-refractivity contribution in [1.29, 1.82) is 0 Å². The second-order valence-corrected chi connectivity index (χ2v) is 5.55. The summed E-state index contributed by atoms with van der Waals surface area (Å²) < 4.78 is 19.4. The molecule has 10 heteroatoms. The molecule has 0 aliphatic rings. The summed E-state index contributed by atoms with van der Waals surface area (Å²) in [6, 6.07) is 4.39. The maximum absolute atomic E-state index is 12.0. The third-order valence-electron chi connectivity index (χ3n) is 2.62. The molecule has 0 aliphatic heterocycles. The Bertz CT molecular complexity index is 721. The number of amides is 1. The van der Waals surface area contributed by atoms with Gasteiger partial charge in [0, 0.05) is 11.5 Å². The van der Waals surface area contributed by atoms with Crippen LogP contribution in [0.15, 0.2) is 18.2 Å². The predicted molar refractivity (Wildman–Crippen MR) is 81.7 cm³/mol. The zero-order valence-electron chi connectivity index (χ0n) is 11.9. The summed E-state index contributed by atoms with van der Waals surface area (Å²) in [5.41, 5.74) is 5.64. The Morgan fingerprint density at radius 3 is 2.74 bits per heavy atom. The minimum absolute atomic E-state index is 0.0869. The summed E-state index contributed by atoms with van der Waals surface area (Å²) >= 11 is 6.83. The van der Waals surface area contributed by atoms with Gasteiger partial charge in [0.1, 0.15) is 16.6 Å². The third kappa shape index (κ3) is 4.54. The van der Waals surface area contributed by atoms with Crippen molar-refractivity contribution < 1.29 is 23.8 Å². The smallest absolute Gasteiger partial charge is 0.338 e. The van der Waals surface area contributed by atoms with Crippen LogP contribution >= 0.6 is 23.1 Å². The number of nitrogens with zero attached hydrogens (tertiary/aromatic N) is 2. The van der Waals surface area contributed by atoms with Crippen LogP contribution in [-0.2, 0) is 16.1 Å². The molecule has 1 heterocycles. The summed E-state index contributed by atoms with van der Waals surface area (Å²) in [7, 11) is 1.41. The lowest BCUT2D eigenvalue weighted by molar-refractivity contribution is -0.119. The summed E-state index contributed by atoms with van der Waals surface area (Å²) in [5.74, 6) is -0.651. The number of hydrogen-bond acceptors (Lipinski definition) is 8. The molecule has 2 aromatic rings. The molecule has 0 radical (unpaired) electrons. The third-order valence-corrected chi connectivity index (χ3v) is 3.60. The number of aromatic nitrogens is 2. The van der Waals surface area contributed by atoms with E-state index in [1.54, 1.807) is 0 Å². The Morgan fingerprint density at radius 2 is 2.13 bits per heavy atom. The first-order valence-electron chi connectivity index (χ1n) is 6.24. The highest BCUT2D eigenvalue weighted by atomic mass is 35.5. The molecule has 0 aliphatic carbocycles. The van der Waals surface area contributed by atoms with E-state index in [1.807, 2.05) is 0 Å².